The smallest absolute Gasteiger partial charge is 0.242 e. The van der Waals surface area contributed by atoms with E-state index < -0.39 is 5.25 Å². The van der Waals surface area contributed by atoms with Crippen LogP contribution in [0, 0.1) is 6.92 Å². The minimum absolute atomic E-state index is 0.122. The second-order valence-corrected chi connectivity index (χ2v) is 8.15. The van der Waals surface area contributed by atoms with Gasteiger partial charge in [0.25, 0.3) is 0 Å². The third-order valence-corrected chi connectivity index (χ3v) is 5.88. The van der Waals surface area contributed by atoms with Crippen molar-refractivity contribution >= 4 is 46.6 Å². The lowest BCUT2D eigenvalue weighted by atomic mass is 10.1. The molecule has 6 heteroatoms. The molecule has 0 saturated carbocycles. The summed E-state index contributed by atoms with van der Waals surface area (Å²) in [5, 5.41) is 5.88. The molecule has 1 atom stereocenters. The molecule has 0 aromatic heterocycles. The van der Waals surface area contributed by atoms with E-state index in [4.69, 9.17) is 11.6 Å². The molecule has 0 aliphatic rings. The lowest BCUT2D eigenvalue weighted by molar-refractivity contribution is -0.116. The second-order valence-electron chi connectivity index (χ2n) is 6.57. The van der Waals surface area contributed by atoms with Crippen LogP contribution in [0.15, 0.2) is 77.7 Å². The average molecular weight is 425 g/mol. The standard InChI is InChI=1S/C23H21ClN2O2S/c1-15-8-9-19(14-21(15)24)26-23(28)22(17-6-4-3-5-7-17)29-20-12-10-18(11-13-20)25-16(2)27/h3-14,22H,1-2H3,(H,25,27)(H,26,28). The second kappa shape index (κ2) is 9.63. The van der Waals surface area contributed by atoms with Crippen molar-refractivity contribution in [3.63, 3.8) is 0 Å². The van der Waals surface area contributed by atoms with Crippen molar-refractivity contribution in [1.82, 2.24) is 0 Å². The maximum Gasteiger partial charge on any atom is 0.242 e. The van der Waals surface area contributed by atoms with E-state index in [-0.39, 0.29) is 11.8 Å². The van der Waals surface area contributed by atoms with Crippen molar-refractivity contribution in [2.45, 2.75) is 24.0 Å². The Labute approximate surface area is 179 Å². The fourth-order valence-corrected chi connectivity index (χ4v) is 3.94. The van der Waals surface area contributed by atoms with Crippen LogP contribution in [0.2, 0.25) is 5.02 Å². The van der Waals surface area contributed by atoms with E-state index in [1.165, 1.54) is 18.7 Å². The molecule has 2 amide bonds. The Kier molecular flexibility index (Phi) is 6.96. The summed E-state index contributed by atoms with van der Waals surface area (Å²) in [7, 11) is 0. The number of nitrogens with one attached hydrogen (secondary N) is 2. The number of halogens is 1. The molecule has 0 saturated heterocycles. The highest BCUT2D eigenvalue weighted by Gasteiger charge is 2.22. The molecular formula is C23H21ClN2O2S. The van der Waals surface area contributed by atoms with Gasteiger partial charge in [-0.2, -0.15) is 0 Å². The zero-order valence-electron chi connectivity index (χ0n) is 16.1. The molecule has 0 aliphatic carbocycles. The number of hydrogen-bond acceptors (Lipinski definition) is 3. The molecule has 1 unspecified atom stereocenters. The Balaban J connectivity index is 1.82. The molecule has 3 rings (SSSR count). The van der Waals surface area contributed by atoms with Gasteiger partial charge in [0.15, 0.2) is 0 Å². The van der Waals surface area contributed by atoms with Gasteiger partial charge in [0.1, 0.15) is 5.25 Å². The van der Waals surface area contributed by atoms with Gasteiger partial charge in [0.05, 0.1) is 0 Å². The Bertz CT molecular complexity index is 1010. The van der Waals surface area contributed by atoms with Gasteiger partial charge >= 0.3 is 0 Å². The number of benzene rings is 3. The SMILES string of the molecule is CC(=O)Nc1ccc(SC(C(=O)Nc2ccc(C)c(Cl)c2)c2ccccc2)cc1. The van der Waals surface area contributed by atoms with E-state index in [0.29, 0.717) is 10.7 Å². The Morgan fingerprint density at radius 2 is 1.55 bits per heavy atom. The van der Waals surface area contributed by atoms with Crippen LogP contribution < -0.4 is 10.6 Å². The highest BCUT2D eigenvalue weighted by atomic mass is 35.5. The molecule has 4 nitrogen and oxygen atoms in total. The van der Waals surface area contributed by atoms with Gasteiger partial charge in [-0.05, 0) is 54.4 Å². The van der Waals surface area contributed by atoms with Gasteiger partial charge < -0.3 is 10.6 Å². The van der Waals surface area contributed by atoms with Gasteiger partial charge in [0.2, 0.25) is 11.8 Å². The third-order valence-electron chi connectivity index (χ3n) is 4.21. The summed E-state index contributed by atoms with van der Waals surface area (Å²) in [6.07, 6.45) is 0. The van der Waals surface area contributed by atoms with Gasteiger partial charge in [-0.25, -0.2) is 0 Å². The number of aryl methyl sites for hydroxylation is 1. The Morgan fingerprint density at radius 1 is 0.897 bits per heavy atom. The average Bonchev–Trinajstić information content (AvgIpc) is 2.70. The van der Waals surface area contributed by atoms with Gasteiger partial charge in [-0.3, -0.25) is 9.59 Å². The summed E-state index contributed by atoms with van der Waals surface area (Å²) in [5.74, 6) is -0.254. The topological polar surface area (TPSA) is 58.2 Å². The van der Waals surface area contributed by atoms with E-state index in [1.807, 2.05) is 73.7 Å². The number of rotatable bonds is 6. The summed E-state index contributed by atoms with van der Waals surface area (Å²) < 4.78 is 0. The lowest BCUT2D eigenvalue weighted by Crippen LogP contribution is -2.19. The summed E-state index contributed by atoms with van der Waals surface area (Å²) >= 11 is 7.63. The van der Waals surface area contributed by atoms with E-state index in [1.54, 1.807) is 6.07 Å². The van der Waals surface area contributed by atoms with Crippen LogP contribution in [-0.2, 0) is 9.59 Å². The minimum atomic E-state index is -0.442. The summed E-state index contributed by atoms with van der Waals surface area (Å²) in [5.41, 5.74) is 3.24. The predicted octanol–water partition coefficient (Wildman–Crippen LogP) is 6.08. The number of hydrogen-bond donors (Lipinski definition) is 2. The van der Waals surface area contributed by atoms with Crippen LogP contribution in [0.3, 0.4) is 0 Å². The number of carbonyl (C=O) groups is 2. The lowest BCUT2D eigenvalue weighted by Gasteiger charge is -2.18. The molecule has 0 aliphatic heterocycles. The maximum atomic E-state index is 13.1. The monoisotopic (exact) mass is 424 g/mol. The van der Waals surface area contributed by atoms with Crippen LogP contribution in [0.1, 0.15) is 23.3 Å². The van der Waals surface area contributed by atoms with Crippen LogP contribution in [0.4, 0.5) is 11.4 Å². The van der Waals surface area contributed by atoms with Crippen molar-refractivity contribution in [3.05, 3.63) is 88.9 Å². The van der Waals surface area contributed by atoms with Crippen LogP contribution in [-0.4, -0.2) is 11.8 Å². The number of carbonyl (C=O) groups excluding carboxylic acids is 2. The first kappa shape index (κ1) is 21.0. The van der Waals surface area contributed by atoms with E-state index >= 15 is 0 Å². The van der Waals surface area contributed by atoms with E-state index in [9.17, 15) is 9.59 Å². The van der Waals surface area contributed by atoms with Crippen molar-refractivity contribution in [2.75, 3.05) is 10.6 Å². The summed E-state index contributed by atoms with van der Waals surface area (Å²) in [6.45, 7) is 3.39. The molecule has 2 N–H and O–H groups in total. The fraction of sp³-hybridized carbons (Fsp3) is 0.130. The molecule has 0 spiro atoms. The third kappa shape index (κ3) is 5.86. The summed E-state index contributed by atoms with van der Waals surface area (Å²) in [6, 6.07) is 22.5. The first-order valence-corrected chi connectivity index (χ1v) is 10.3. The first-order valence-electron chi connectivity index (χ1n) is 9.08. The Hall–Kier alpha value is -2.76. The van der Waals surface area contributed by atoms with Crippen LogP contribution in [0.25, 0.3) is 0 Å². The first-order chi connectivity index (χ1) is 13.9. The molecule has 0 heterocycles. The molecule has 148 valence electrons. The van der Waals surface area contributed by atoms with E-state index in [0.717, 1.165) is 21.7 Å². The van der Waals surface area contributed by atoms with Crippen LogP contribution in [0.5, 0.6) is 0 Å². The zero-order chi connectivity index (χ0) is 20.8. The molecule has 0 bridgehead atoms. The molecular weight excluding hydrogens is 404 g/mol. The van der Waals surface area contributed by atoms with E-state index in [2.05, 4.69) is 10.6 Å². The molecule has 3 aromatic carbocycles. The summed E-state index contributed by atoms with van der Waals surface area (Å²) in [4.78, 5) is 25.2. The van der Waals surface area contributed by atoms with Gasteiger partial charge in [0, 0.05) is 28.2 Å². The quantitative estimate of drug-likeness (QED) is 0.471. The predicted molar refractivity (Wildman–Crippen MR) is 121 cm³/mol. The normalized spacial score (nSPS) is 11.6. The number of anilines is 2. The van der Waals surface area contributed by atoms with Crippen molar-refractivity contribution in [1.29, 1.82) is 0 Å². The van der Waals surface area contributed by atoms with Crippen molar-refractivity contribution in [2.24, 2.45) is 0 Å². The number of thioether (sulfide) groups is 1. The van der Waals surface area contributed by atoms with Crippen molar-refractivity contribution in [3.8, 4) is 0 Å². The number of amides is 2. The largest absolute Gasteiger partial charge is 0.326 e. The zero-order valence-corrected chi connectivity index (χ0v) is 17.7. The maximum absolute atomic E-state index is 13.1. The minimum Gasteiger partial charge on any atom is -0.326 e. The molecule has 0 fully saturated rings. The highest BCUT2D eigenvalue weighted by molar-refractivity contribution is 8.00. The molecule has 29 heavy (non-hydrogen) atoms. The van der Waals surface area contributed by atoms with Crippen LogP contribution >= 0.6 is 23.4 Å². The highest BCUT2D eigenvalue weighted by Crippen LogP contribution is 2.37. The van der Waals surface area contributed by atoms with Gasteiger partial charge in [-0.15, -0.1) is 11.8 Å². The fourth-order valence-electron chi connectivity index (χ4n) is 2.74. The molecule has 0 radical (unpaired) electrons. The van der Waals surface area contributed by atoms with Crippen molar-refractivity contribution < 1.29 is 9.59 Å². The Morgan fingerprint density at radius 3 is 2.17 bits per heavy atom. The van der Waals surface area contributed by atoms with Gasteiger partial charge in [-0.1, -0.05) is 48.0 Å². The molecule has 3 aromatic rings.